The van der Waals surface area contributed by atoms with Crippen molar-refractivity contribution in [3.8, 4) is 0 Å². The van der Waals surface area contributed by atoms with Gasteiger partial charge in [-0.25, -0.2) is 0 Å². The maximum Gasteiger partial charge on any atom is 0.220 e. The maximum absolute atomic E-state index is 12.0. The van der Waals surface area contributed by atoms with Gasteiger partial charge in [-0.15, -0.1) is 0 Å². The van der Waals surface area contributed by atoms with Gasteiger partial charge < -0.3 is 15.0 Å². The third-order valence-electron chi connectivity index (χ3n) is 5.02. The van der Waals surface area contributed by atoms with E-state index in [1.165, 1.54) is 33.3 Å². The van der Waals surface area contributed by atoms with Gasteiger partial charge in [-0.05, 0) is 56.2 Å². The highest BCUT2D eigenvalue weighted by Gasteiger charge is 2.19. The lowest BCUT2D eigenvalue weighted by Gasteiger charge is -2.09. The average molecular weight is 314 g/mol. The Hall–Kier alpha value is -1.81. The molecule has 2 aromatic rings. The quantitative estimate of drug-likeness (QED) is 0.890. The van der Waals surface area contributed by atoms with Crippen LogP contribution in [0.2, 0.25) is 0 Å². The zero-order valence-electron chi connectivity index (χ0n) is 14.3. The number of rotatable bonds is 5. The second-order valence-electron chi connectivity index (χ2n) is 6.69. The zero-order chi connectivity index (χ0) is 16.4. The predicted molar refractivity (Wildman–Crippen MR) is 92.8 cm³/mol. The lowest BCUT2D eigenvalue weighted by molar-refractivity contribution is -0.122. The summed E-state index contributed by atoms with van der Waals surface area (Å²) in [6.45, 7) is 8.62. The molecule has 0 bridgehead atoms. The Kier molecular flexibility index (Phi) is 4.71. The Bertz CT molecular complexity index is 712. The van der Waals surface area contributed by atoms with E-state index in [2.05, 4.69) is 43.2 Å². The van der Waals surface area contributed by atoms with Crippen molar-refractivity contribution >= 4 is 16.8 Å². The van der Waals surface area contributed by atoms with Gasteiger partial charge in [0, 0.05) is 42.8 Å². The number of hydrogen-bond donors (Lipinski definition) is 2. The minimum absolute atomic E-state index is 0.144. The summed E-state index contributed by atoms with van der Waals surface area (Å²) in [5.41, 5.74) is 6.35. The number of carbonyl (C=O) groups excluding carboxylic acids is 1. The Morgan fingerprint density at radius 3 is 2.91 bits per heavy atom. The number of aryl methyl sites for hydroxylation is 3. The third kappa shape index (κ3) is 3.42. The number of aromatic amines is 1. The van der Waals surface area contributed by atoms with Crippen LogP contribution in [0.4, 0.5) is 0 Å². The van der Waals surface area contributed by atoms with Gasteiger partial charge in [0.15, 0.2) is 0 Å². The van der Waals surface area contributed by atoms with Crippen molar-refractivity contribution in [1.82, 2.24) is 10.3 Å². The van der Waals surface area contributed by atoms with Crippen molar-refractivity contribution in [1.29, 1.82) is 0 Å². The molecule has 1 saturated heterocycles. The molecule has 4 nitrogen and oxygen atoms in total. The summed E-state index contributed by atoms with van der Waals surface area (Å²) in [4.78, 5) is 15.5. The first-order valence-corrected chi connectivity index (χ1v) is 8.48. The number of fused-ring (bicyclic) bond motifs is 1. The molecule has 1 unspecified atom stereocenters. The molecule has 3 rings (SSSR count). The first-order valence-electron chi connectivity index (χ1n) is 8.48. The van der Waals surface area contributed by atoms with E-state index in [9.17, 15) is 4.79 Å². The van der Waals surface area contributed by atoms with Crippen LogP contribution in [-0.4, -0.2) is 30.6 Å². The molecule has 1 amide bonds. The molecular formula is C19H26N2O2. The third-order valence-corrected chi connectivity index (χ3v) is 5.02. The Morgan fingerprint density at radius 2 is 2.17 bits per heavy atom. The molecule has 2 heterocycles. The molecule has 2 N–H and O–H groups in total. The van der Waals surface area contributed by atoms with E-state index >= 15 is 0 Å². The highest BCUT2D eigenvalue weighted by molar-refractivity contribution is 5.88. The maximum atomic E-state index is 12.0. The molecule has 0 spiro atoms. The molecule has 1 aliphatic rings. The van der Waals surface area contributed by atoms with Crippen molar-refractivity contribution in [2.75, 3.05) is 19.8 Å². The summed E-state index contributed by atoms with van der Waals surface area (Å²) in [7, 11) is 0. The molecule has 1 atom stereocenters. The number of amides is 1. The second kappa shape index (κ2) is 6.75. The van der Waals surface area contributed by atoms with Gasteiger partial charge >= 0.3 is 0 Å². The van der Waals surface area contributed by atoms with E-state index in [-0.39, 0.29) is 5.91 Å². The van der Waals surface area contributed by atoms with Gasteiger partial charge in [-0.2, -0.15) is 0 Å². The number of hydrogen-bond acceptors (Lipinski definition) is 2. The molecule has 1 aromatic carbocycles. The fraction of sp³-hybridized carbons (Fsp3) is 0.526. The largest absolute Gasteiger partial charge is 0.381 e. The van der Waals surface area contributed by atoms with Gasteiger partial charge in [0.25, 0.3) is 0 Å². The second-order valence-corrected chi connectivity index (χ2v) is 6.69. The minimum atomic E-state index is 0.144. The average Bonchev–Trinajstić information content (AvgIpc) is 3.12. The van der Waals surface area contributed by atoms with E-state index < -0.39 is 0 Å². The lowest BCUT2D eigenvalue weighted by Crippen LogP contribution is -2.27. The summed E-state index contributed by atoms with van der Waals surface area (Å²) in [6.07, 6.45) is 2.46. The molecule has 0 saturated carbocycles. The van der Waals surface area contributed by atoms with Crippen LogP contribution in [0.3, 0.4) is 0 Å². The van der Waals surface area contributed by atoms with Crippen LogP contribution in [0.15, 0.2) is 12.1 Å². The van der Waals surface area contributed by atoms with Gasteiger partial charge in [-0.1, -0.05) is 12.1 Å². The van der Waals surface area contributed by atoms with Crippen molar-refractivity contribution in [2.45, 2.75) is 40.0 Å². The van der Waals surface area contributed by atoms with Crippen LogP contribution in [0.1, 0.15) is 35.2 Å². The summed E-state index contributed by atoms with van der Waals surface area (Å²) in [5.74, 6) is 0.542. The van der Waals surface area contributed by atoms with Gasteiger partial charge in [0.1, 0.15) is 0 Å². The van der Waals surface area contributed by atoms with Crippen molar-refractivity contribution in [3.63, 3.8) is 0 Å². The number of ether oxygens (including phenoxy) is 1. The number of H-pyrrole nitrogens is 1. The number of aromatic nitrogens is 1. The molecule has 1 aromatic heterocycles. The van der Waals surface area contributed by atoms with Crippen molar-refractivity contribution in [3.05, 3.63) is 34.5 Å². The van der Waals surface area contributed by atoms with Gasteiger partial charge in [-0.3, -0.25) is 4.79 Å². The fourth-order valence-corrected chi connectivity index (χ4v) is 3.42. The minimum Gasteiger partial charge on any atom is -0.381 e. The van der Waals surface area contributed by atoms with Crippen molar-refractivity contribution in [2.24, 2.45) is 5.92 Å². The monoisotopic (exact) mass is 314 g/mol. The van der Waals surface area contributed by atoms with Crippen LogP contribution < -0.4 is 5.32 Å². The topological polar surface area (TPSA) is 54.1 Å². The molecule has 124 valence electrons. The SMILES string of the molecule is Cc1ccc2c(CCNC(=O)CC3CCOC3)c(C)[nH]c2c1C. The molecule has 0 aliphatic carbocycles. The number of nitrogens with one attached hydrogen (secondary N) is 2. The standard InChI is InChI=1S/C19H26N2O2/c1-12-4-5-17-16(14(3)21-19(17)13(12)2)6-8-20-18(22)10-15-7-9-23-11-15/h4-5,15,21H,6-11H2,1-3H3,(H,20,22). The van der Waals surface area contributed by atoms with Gasteiger partial charge in [0.05, 0.1) is 0 Å². The van der Waals surface area contributed by atoms with Crippen LogP contribution >= 0.6 is 0 Å². The van der Waals surface area contributed by atoms with E-state index in [0.29, 0.717) is 18.9 Å². The predicted octanol–water partition coefficient (Wildman–Crippen LogP) is 3.18. The summed E-state index contributed by atoms with van der Waals surface area (Å²) < 4.78 is 5.32. The van der Waals surface area contributed by atoms with E-state index in [0.717, 1.165) is 26.1 Å². The smallest absolute Gasteiger partial charge is 0.220 e. The van der Waals surface area contributed by atoms with Crippen LogP contribution in [0, 0.1) is 26.7 Å². The fourth-order valence-electron chi connectivity index (χ4n) is 3.42. The highest BCUT2D eigenvalue weighted by Crippen LogP contribution is 2.27. The molecular weight excluding hydrogens is 288 g/mol. The first-order chi connectivity index (χ1) is 11.1. The molecule has 1 aliphatic heterocycles. The molecule has 0 radical (unpaired) electrons. The Morgan fingerprint density at radius 1 is 1.35 bits per heavy atom. The van der Waals surface area contributed by atoms with E-state index in [4.69, 9.17) is 4.74 Å². The van der Waals surface area contributed by atoms with Crippen molar-refractivity contribution < 1.29 is 9.53 Å². The summed E-state index contributed by atoms with van der Waals surface area (Å²) in [5, 5.41) is 4.34. The Labute approximate surface area is 137 Å². The molecule has 4 heteroatoms. The highest BCUT2D eigenvalue weighted by atomic mass is 16.5. The molecule has 1 fully saturated rings. The van der Waals surface area contributed by atoms with Crippen LogP contribution in [-0.2, 0) is 16.0 Å². The first kappa shape index (κ1) is 16.1. The number of carbonyl (C=O) groups is 1. The Balaban J connectivity index is 1.62. The van der Waals surface area contributed by atoms with E-state index in [1.54, 1.807) is 0 Å². The lowest BCUT2D eigenvalue weighted by atomic mass is 10.0. The van der Waals surface area contributed by atoms with Gasteiger partial charge in [0.2, 0.25) is 5.91 Å². The van der Waals surface area contributed by atoms with Crippen LogP contribution in [0.25, 0.3) is 10.9 Å². The normalized spacial score (nSPS) is 17.8. The summed E-state index contributed by atoms with van der Waals surface area (Å²) in [6, 6.07) is 4.36. The molecule has 23 heavy (non-hydrogen) atoms. The zero-order valence-corrected chi connectivity index (χ0v) is 14.3. The van der Waals surface area contributed by atoms with Crippen LogP contribution in [0.5, 0.6) is 0 Å². The number of benzene rings is 1. The summed E-state index contributed by atoms with van der Waals surface area (Å²) >= 11 is 0. The van der Waals surface area contributed by atoms with E-state index in [1.807, 2.05) is 0 Å².